The summed E-state index contributed by atoms with van der Waals surface area (Å²) in [6, 6.07) is 6.64. The fourth-order valence-corrected chi connectivity index (χ4v) is 3.74. The van der Waals surface area contributed by atoms with Crippen LogP contribution in [0.1, 0.15) is 43.7 Å². The highest BCUT2D eigenvalue weighted by molar-refractivity contribution is 6.30. The van der Waals surface area contributed by atoms with Gasteiger partial charge in [0.25, 0.3) is 0 Å². The van der Waals surface area contributed by atoms with E-state index >= 15 is 0 Å². The molecule has 1 atom stereocenters. The van der Waals surface area contributed by atoms with Crippen LogP contribution in [-0.2, 0) is 12.8 Å². The Hall–Kier alpha value is -0.570. The van der Waals surface area contributed by atoms with Crippen molar-refractivity contribution in [3.63, 3.8) is 0 Å². The molecule has 2 aliphatic carbocycles. The molecule has 1 aromatic carbocycles. The van der Waals surface area contributed by atoms with Gasteiger partial charge in [0.05, 0.1) is 5.60 Å². The Kier molecular flexibility index (Phi) is 4.07. The highest BCUT2D eigenvalue weighted by Crippen LogP contribution is 2.32. The van der Waals surface area contributed by atoms with Crippen molar-refractivity contribution in [2.45, 2.75) is 57.1 Å². The number of rotatable bonds is 3. The first-order valence-electron chi connectivity index (χ1n) is 7.77. The number of nitrogens with one attached hydrogen (secondary N) is 1. The van der Waals surface area contributed by atoms with E-state index in [9.17, 15) is 5.11 Å². The smallest absolute Gasteiger partial charge is 0.0771 e. The van der Waals surface area contributed by atoms with Gasteiger partial charge in [0.15, 0.2) is 0 Å². The fraction of sp³-hybridized carbons (Fsp3) is 0.647. The zero-order valence-electron chi connectivity index (χ0n) is 12.2. The van der Waals surface area contributed by atoms with E-state index in [1.807, 2.05) is 6.07 Å². The van der Waals surface area contributed by atoms with Crippen molar-refractivity contribution in [2.24, 2.45) is 5.92 Å². The minimum Gasteiger partial charge on any atom is -0.389 e. The highest BCUT2D eigenvalue weighted by atomic mass is 35.5. The molecule has 0 bridgehead atoms. The topological polar surface area (TPSA) is 32.3 Å². The van der Waals surface area contributed by atoms with Crippen LogP contribution >= 0.6 is 11.6 Å². The van der Waals surface area contributed by atoms with E-state index in [1.165, 1.54) is 11.1 Å². The van der Waals surface area contributed by atoms with Gasteiger partial charge in [-0.15, -0.1) is 0 Å². The van der Waals surface area contributed by atoms with Gasteiger partial charge in [-0.2, -0.15) is 0 Å². The van der Waals surface area contributed by atoms with Gasteiger partial charge < -0.3 is 10.4 Å². The molecule has 0 spiro atoms. The van der Waals surface area contributed by atoms with E-state index in [4.69, 9.17) is 11.6 Å². The van der Waals surface area contributed by atoms with Gasteiger partial charge in [-0.3, -0.25) is 0 Å². The maximum atomic E-state index is 10.6. The van der Waals surface area contributed by atoms with Crippen LogP contribution in [-0.4, -0.2) is 23.3 Å². The summed E-state index contributed by atoms with van der Waals surface area (Å²) in [5.74, 6) is 0.771. The van der Waals surface area contributed by atoms with E-state index < -0.39 is 5.60 Å². The molecule has 1 fully saturated rings. The number of aliphatic hydroxyl groups is 1. The monoisotopic (exact) mass is 293 g/mol. The SMILES string of the molecule is CC1CCC(O)(CNC2Cc3ccc(Cl)cc3C2)CC1. The molecular weight excluding hydrogens is 270 g/mol. The van der Waals surface area contributed by atoms with E-state index in [0.29, 0.717) is 6.04 Å². The maximum Gasteiger partial charge on any atom is 0.0771 e. The van der Waals surface area contributed by atoms with Crippen LogP contribution in [0.4, 0.5) is 0 Å². The van der Waals surface area contributed by atoms with Gasteiger partial charge >= 0.3 is 0 Å². The summed E-state index contributed by atoms with van der Waals surface area (Å²) in [4.78, 5) is 0. The van der Waals surface area contributed by atoms with E-state index in [-0.39, 0.29) is 0 Å². The lowest BCUT2D eigenvalue weighted by Crippen LogP contribution is -2.46. The van der Waals surface area contributed by atoms with Gasteiger partial charge in [-0.25, -0.2) is 0 Å². The van der Waals surface area contributed by atoms with Gasteiger partial charge in [0.1, 0.15) is 0 Å². The summed E-state index contributed by atoms with van der Waals surface area (Å²) in [6.45, 7) is 3.01. The molecule has 1 aromatic rings. The summed E-state index contributed by atoms with van der Waals surface area (Å²) in [7, 11) is 0. The van der Waals surface area contributed by atoms with Crippen molar-refractivity contribution in [1.29, 1.82) is 0 Å². The normalized spacial score (nSPS) is 33.1. The minimum atomic E-state index is -0.487. The molecule has 2 aliphatic rings. The van der Waals surface area contributed by atoms with Crippen LogP contribution in [0, 0.1) is 5.92 Å². The molecule has 0 amide bonds. The van der Waals surface area contributed by atoms with Crippen LogP contribution in [0.5, 0.6) is 0 Å². The third kappa shape index (κ3) is 3.19. The number of hydrogen-bond donors (Lipinski definition) is 2. The van der Waals surface area contributed by atoms with Crippen LogP contribution in [0.2, 0.25) is 5.02 Å². The largest absolute Gasteiger partial charge is 0.389 e. The van der Waals surface area contributed by atoms with Gasteiger partial charge in [-0.05, 0) is 67.7 Å². The molecule has 0 heterocycles. The molecule has 20 heavy (non-hydrogen) atoms. The summed E-state index contributed by atoms with van der Waals surface area (Å²) < 4.78 is 0. The third-order valence-electron chi connectivity index (χ3n) is 5.03. The fourth-order valence-electron chi connectivity index (χ4n) is 3.54. The summed E-state index contributed by atoms with van der Waals surface area (Å²) in [5.41, 5.74) is 2.27. The molecule has 110 valence electrons. The first kappa shape index (κ1) is 14.4. The molecule has 3 rings (SSSR count). The third-order valence-corrected chi connectivity index (χ3v) is 5.26. The van der Waals surface area contributed by atoms with Crippen LogP contribution in [0.3, 0.4) is 0 Å². The van der Waals surface area contributed by atoms with E-state index in [0.717, 1.165) is 56.0 Å². The molecule has 1 unspecified atom stereocenters. The molecular formula is C17H24ClNO. The van der Waals surface area contributed by atoms with Crippen molar-refractivity contribution in [3.05, 3.63) is 34.3 Å². The standard InChI is InChI=1S/C17H24ClNO/c1-12-4-6-17(20,7-5-12)11-19-16-9-13-2-3-15(18)8-14(13)10-16/h2-3,8,12,16,19-20H,4-7,9-11H2,1H3. The van der Waals surface area contributed by atoms with E-state index in [2.05, 4.69) is 24.4 Å². The Bertz CT molecular complexity index is 480. The average Bonchev–Trinajstić information content (AvgIpc) is 2.82. The van der Waals surface area contributed by atoms with Gasteiger partial charge in [-0.1, -0.05) is 24.6 Å². The Labute approximate surface area is 126 Å². The summed E-state index contributed by atoms with van der Waals surface area (Å²) >= 11 is 6.05. The Morgan fingerprint density at radius 3 is 2.70 bits per heavy atom. The molecule has 3 heteroatoms. The summed E-state index contributed by atoms with van der Waals surface area (Å²) in [6.07, 6.45) is 6.26. The van der Waals surface area contributed by atoms with Crippen LogP contribution in [0.25, 0.3) is 0 Å². The molecule has 0 aromatic heterocycles. The zero-order valence-corrected chi connectivity index (χ0v) is 12.9. The number of fused-ring (bicyclic) bond motifs is 1. The van der Waals surface area contributed by atoms with Gasteiger partial charge in [0.2, 0.25) is 0 Å². The van der Waals surface area contributed by atoms with Crippen molar-refractivity contribution >= 4 is 11.6 Å². The number of benzene rings is 1. The molecule has 0 radical (unpaired) electrons. The lowest BCUT2D eigenvalue weighted by atomic mass is 9.79. The molecule has 2 nitrogen and oxygen atoms in total. The Morgan fingerprint density at radius 2 is 1.95 bits per heavy atom. The molecule has 0 saturated heterocycles. The zero-order chi connectivity index (χ0) is 14.2. The predicted molar refractivity (Wildman–Crippen MR) is 83.2 cm³/mol. The lowest BCUT2D eigenvalue weighted by Gasteiger charge is -2.36. The second-order valence-electron chi connectivity index (χ2n) is 6.81. The van der Waals surface area contributed by atoms with Crippen molar-refractivity contribution in [2.75, 3.05) is 6.54 Å². The Balaban J connectivity index is 1.53. The molecule has 0 aliphatic heterocycles. The second kappa shape index (κ2) is 5.67. The predicted octanol–water partition coefficient (Wildman–Crippen LogP) is 3.34. The average molecular weight is 294 g/mol. The second-order valence-corrected chi connectivity index (χ2v) is 7.24. The number of hydrogen-bond acceptors (Lipinski definition) is 2. The first-order chi connectivity index (χ1) is 9.54. The van der Waals surface area contributed by atoms with Crippen molar-refractivity contribution in [3.8, 4) is 0 Å². The highest BCUT2D eigenvalue weighted by Gasteiger charge is 2.32. The van der Waals surface area contributed by atoms with E-state index in [1.54, 1.807) is 0 Å². The summed E-state index contributed by atoms with van der Waals surface area (Å²) in [5, 5.41) is 15.0. The quantitative estimate of drug-likeness (QED) is 0.896. The van der Waals surface area contributed by atoms with Crippen LogP contribution < -0.4 is 5.32 Å². The van der Waals surface area contributed by atoms with Crippen LogP contribution in [0.15, 0.2) is 18.2 Å². The molecule has 1 saturated carbocycles. The molecule has 2 N–H and O–H groups in total. The van der Waals surface area contributed by atoms with Gasteiger partial charge in [0, 0.05) is 17.6 Å². The van der Waals surface area contributed by atoms with Crippen molar-refractivity contribution < 1.29 is 5.11 Å². The maximum absolute atomic E-state index is 10.6. The van der Waals surface area contributed by atoms with Crippen molar-refractivity contribution in [1.82, 2.24) is 5.32 Å². The lowest BCUT2D eigenvalue weighted by molar-refractivity contribution is -0.00795. The number of halogens is 1. The Morgan fingerprint density at radius 1 is 1.25 bits per heavy atom. The first-order valence-corrected chi connectivity index (χ1v) is 8.15. The minimum absolute atomic E-state index is 0.451.